The molecular weight excluding hydrogens is 258 g/mol. The summed E-state index contributed by atoms with van der Waals surface area (Å²) in [4.78, 5) is 11.8. The van der Waals surface area contributed by atoms with Gasteiger partial charge in [0, 0.05) is 16.8 Å². The third-order valence-corrected chi connectivity index (χ3v) is 3.08. The molecule has 0 saturated heterocycles. The Bertz CT molecular complexity index is 605. The number of amides is 1. The maximum absolute atomic E-state index is 11.8. The molecule has 1 amide bonds. The van der Waals surface area contributed by atoms with E-state index in [0.717, 1.165) is 16.8 Å². The molecule has 0 saturated carbocycles. The monoisotopic (exact) mass is 271 g/mol. The molecule has 2 aromatic carbocycles. The number of nitrogens with one attached hydrogen (secondary N) is 1. The Hall–Kier alpha value is -2.06. The highest BCUT2D eigenvalue weighted by atomic mass is 35.5. The lowest BCUT2D eigenvalue weighted by Gasteiger charge is -2.04. The van der Waals surface area contributed by atoms with Crippen LogP contribution in [0.5, 0.6) is 0 Å². The van der Waals surface area contributed by atoms with Gasteiger partial charge in [0.15, 0.2) is 0 Å². The lowest BCUT2D eigenvalue weighted by molar-refractivity contribution is -0.111. The van der Waals surface area contributed by atoms with E-state index in [4.69, 9.17) is 11.6 Å². The van der Waals surface area contributed by atoms with E-state index in [9.17, 15) is 4.79 Å². The number of carbonyl (C=O) groups excluding carboxylic acids is 1. The van der Waals surface area contributed by atoms with Gasteiger partial charge in [0.25, 0.3) is 0 Å². The number of rotatable bonds is 3. The van der Waals surface area contributed by atoms with Crippen LogP contribution in [0.3, 0.4) is 0 Å². The molecule has 0 radical (unpaired) electrons. The van der Waals surface area contributed by atoms with Gasteiger partial charge in [-0.3, -0.25) is 4.79 Å². The van der Waals surface area contributed by atoms with Gasteiger partial charge in [0.05, 0.1) is 0 Å². The van der Waals surface area contributed by atoms with Gasteiger partial charge in [-0.05, 0) is 42.3 Å². The summed E-state index contributed by atoms with van der Waals surface area (Å²) >= 11 is 5.93. The van der Waals surface area contributed by atoms with Crippen molar-refractivity contribution in [1.82, 2.24) is 0 Å². The van der Waals surface area contributed by atoms with Crippen molar-refractivity contribution >= 4 is 29.3 Å². The predicted octanol–water partition coefficient (Wildman–Crippen LogP) is 4.30. The number of anilines is 1. The third-order valence-electron chi connectivity index (χ3n) is 2.65. The normalized spacial score (nSPS) is 10.6. The average molecular weight is 272 g/mol. The topological polar surface area (TPSA) is 29.1 Å². The van der Waals surface area contributed by atoms with Crippen LogP contribution in [-0.2, 0) is 4.79 Å². The van der Waals surface area contributed by atoms with E-state index in [1.807, 2.05) is 43.3 Å². The zero-order valence-electron chi connectivity index (χ0n) is 10.6. The van der Waals surface area contributed by atoms with Crippen molar-refractivity contribution in [1.29, 1.82) is 0 Å². The van der Waals surface area contributed by atoms with Crippen LogP contribution in [-0.4, -0.2) is 5.91 Å². The smallest absolute Gasteiger partial charge is 0.248 e. The highest BCUT2D eigenvalue weighted by Gasteiger charge is 2.00. The van der Waals surface area contributed by atoms with Gasteiger partial charge in [-0.2, -0.15) is 0 Å². The van der Waals surface area contributed by atoms with E-state index in [2.05, 4.69) is 5.32 Å². The van der Waals surface area contributed by atoms with Crippen LogP contribution in [0.2, 0.25) is 5.02 Å². The molecule has 19 heavy (non-hydrogen) atoms. The molecule has 0 fully saturated rings. The van der Waals surface area contributed by atoms with Gasteiger partial charge in [0.2, 0.25) is 5.91 Å². The van der Waals surface area contributed by atoms with Gasteiger partial charge in [-0.15, -0.1) is 0 Å². The molecule has 0 aromatic heterocycles. The second-order valence-corrected chi connectivity index (χ2v) is 4.60. The lowest BCUT2D eigenvalue weighted by Crippen LogP contribution is -2.07. The van der Waals surface area contributed by atoms with Crippen molar-refractivity contribution in [3.05, 3.63) is 70.8 Å². The first-order chi connectivity index (χ1) is 9.15. The van der Waals surface area contributed by atoms with Crippen molar-refractivity contribution in [3.8, 4) is 0 Å². The summed E-state index contributed by atoms with van der Waals surface area (Å²) in [6.07, 6.45) is 3.29. The highest BCUT2D eigenvalue weighted by molar-refractivity contribution is 6.31. The Labute approximate surface area is 117 Å². The minimum absolute atomic E-state index is 0.162. The zero-order valence-corrected chi connectivity index (χ0v) is 11.3. The molecule has 1 N–H and O–H groups in total. The maximum Gasteiger partial charge on any atom is 0.248 e. The Morgan fingerprint density at radius 2 is 1.89 bits per heavy atom. The number of benzene rings is 2. The van der Waals surface area contributed by atoms with Crippen LogP contribution >= 0.6 is 11.6 Å². The average Bonchev–Trinajstić information content (AvgIpc) is 2.42. The summed E-state index contributed by atoms with van der Waals surface area (Å²) in [5.41, 5.74) is 2.67. The molecule has 0 spiro atoms. The summed E-state index contributed by atoms with van der Waals surface area (Å²) < 4.78 is 0. The standard InChI is InChI=1S/C16H14ClNO/c1-12-11-14(8-9-15(12)17)18-16(19)10-7-13-5-3-2-4-6-13/h2-11H,1H3,(H,18,19)/b10-7+. The third kappa shape index (κ3) is 3.97. The van der Waals surface area contributed by atoms with Crippen molar-refractivity contribution in [2.24, 2.45) is 0 Å². The molecule has 0 aliphatic rings. The Morgan fingerprint density at radius 1 is 1.16 bits per heavy atom. The van der Waals surface area contributed by atoms with Gasteiger partial charge < -0.3 is 5.32 Å². The first kappa shape index (κ1) is 13.4. The lowest BCUT2D eigenvalue weighted by atomic mass is 10.2. The number of hydrogen-bond acceptors (Lipinski definition) is 1. The van der Waals surface area contributed by atoms with Crippen LogP contribution in [0, 0.1) is 6.92 Å². The second kappa shape index (κ2) is 6.21. The fourth-order valence-electron chi connectivity index (χ4n) is 1.64. The quantitative estimate of drug-likeness (QED) is 0.829. The van der Waals surface area contributed by atoms with Crippen molar-refractivity contribution in [2.75, 3.05) is 5.32 Å². The number of aryl methyl sites for hydroxylation is 1. The van der Waals surface area contributed by atoms with E-state index < -0.39 is 0 Å². The Kier molecular flexibility index (Phi) is 4.37. The molecule has 0 aliphatic carbocycles. The number of halogens is 1. The van der Waals surface area contributed by atoms with E-state index in [0.29, 0.717) is 5.02 Å². The van der Waals surface area contributed by atoms with Gasteiger partial charge >= 0.3 is 0 Å². The largest absolute Gasteiger partial charge is 0.323 e. The molecule has 0 aliphatic heterocycles. The molecule has 0 atom stereocenters. The van der Waals surface area contributed by atoms with Crippen molar-refractivity contribution in [2.45, 2.75) is 6.92 Å². The minimum Gasteiger partial charge on any atom is -0.323 e. The highest BCUT2D eigenvalue weighted by Crippen LogP contribution is 2.19. The van der Waals surface area contributed by atoms with Gasteiger partial charge in [0.1, 0.15) is 0 Å². The van der Waals surface area contributed by atoms with E-state index >= 15 is 0 Å². The SMILES string of the molecule is Cc1cc(NC(=O)/C=C/c2ccccc2)ccc1Cl. The van der Waals surface area contributed by atoms with E-state index in [-0.39, 0.29) is 5.91 Å². The summed E-state index contributed by atoms with van der Waals surface area (Å²) in [6.45, 7) is 1.90. The first-order valence-corrected chi connectivity index (χ1v) is 6.33. The minimum atomic E-state index is -0.162. The fraction of sp³-hybridized carbons (Fsp3) is 0.0625. The molecule has 2 nitrogen and oxygen atoms in total. The summed E-state index contributed by atoms with van der Waals surface area (Å²) in [5.74, 6) is -0.162. The van der Waals surface area contributed by atoms with Crippen LogP contribution in [0.4, 0.5) is 5.69 Å². The van der Waals surface area contributed by atoms with Crippen LogP contribution < -0.4 is 5.32 Å². The Morgan fingerprint density at radius 3 is 2.58 bits per heavy atom. The Balaban J connectivity index is 2.01. The molecule has 0 heterocycles. The van der Waals surface area contributed by atoms with E-state index in [1.54, 1.807) is 18.2 Å². The number of hydrogen-bond donors (Lipinski definition) is 1. The van der Waals surface area contributed by atoms with Crippen LogP contribution in [0.1, 0.15) is 11.1 Å². The predicted molar refractivity (Wildman–Crippen MR) is 80.3 cm³/mol. The summed E-state index contributed by atoms with van der Waals surface area (Å²) in [5, 5.41) is 3.49. The molecule has 0 unspecified atom stereocenters. The first-order valence-electron chi connectivity index (χ1n) is 5.95. The second-order valence-electron chi connectivity index (χ2n) is 4.20. The number of carbonyl (C=O) groups is 1. The van der Waals surface area contributed by atoms with Crippen molar-refractivity contribution in [3.63, 3.8) is 0 Å². The molecule has 0 bridgehead atoms. The van der Waals surface area contributed by atoms with Gasteiger partial charge in [-0.25, -0.2) is 0 Å². The maximum atomic E-state index is 11.8. The summed E-state index contributed by atoms with van der Waals surface area (Å²) in [6, 6.07) is 15.1. The van der Waals surface area contributed by atoms with E-state index in [1.165, 1.54) is 6.08 Å². The van der Waals surface area contributed by atoms with Gasteiger partial charge in [-0.1, -0.05) is 41.9 Å². The summed E-state index contributed by atoms with van der Waals surface area (Å²) in [7, 11) is 0. The van der Waals surface area contributed by atoms with Crippen LogP contribution in [0.25, 0.3) is 6.08 Å². The van der Waals surface area contributed by atoms with Crippen LogP contribution in [0.15, 0.2) is 54.6 Å². The molecule has 2 aromatic rings. The zero-order chi connectivity index (χ0) is 13.7. The molecular formula is C16H14ClNO. The van der Waals surface area contributed by atoms with Crippen molar-refractivity contribution < 1.29 is 4.79 Å². The molecule has 3 heteroatoms. The molecule has 96 valence electrons. The molecule has 2 rings (SSSR count). The fourth-order valence-corrected chi connectivity index (χ4v) is 1.76.